The van der Waals surface area contributed by atoms with Crippen molar-refractivity contribution in [2.24, 2.45) is 5.92 Å². The largest absolute Gasteiger partial charge is 0.454 e. The summed E-state index contributed by atoms with van der Waals surface area (Å²) in [4.78, 5) is 33.0. The lowest BCUT2D eigenvalue weighted by Gasteiger charge is -2.31. The molecule has 55 heavy (non-hydrogen) atoms. The van der Waals surface area contributed by atoms with Crippen LogP contribution in [0.1, 0.15) is 68.6 Å². The van der Waals surface area contributed by atoms with Gasteiger partial charge in [-0.3, -0.25) is 19.2 Å². The molecule has 0 radical (unpaired) electrons. The second-order valence-electron chi connectivity index (χ2n) is 15.7. The Morgan fingerprint density at radius 3 is 2.49 bits per heavy atom. The lowest BCUT2D eigenvalue weighted by Crippen LogP contribution is -2.45. The number of hydrogen-bond donors (Lipinski definition) is 1. The van der Waals surface area contributed by atoms with E-state index >= 15 is 8.90 Å². The fourth-order valence-electron chi connectivity index (χ4n) is 8.56. The Labute approximate surface area is 323 Å². The summed E-state index contributed by atoms with van der Waals surface area (Å²) >= 11 is 0. The molecule has 1 aromatic heterocycles. The number of ether oxygens (including phenoxy) is 2. The van der Waals surface area contributed by atoms with Crippen LogP contribution in [0.25, 0.3) is 0 Å². The van der Waals surface area contributed by atoms with Crippen molar-refractivity contribution in [2.75, 3.05) is 23.0 Å². The molecule has 0 bridgehead atoms. The van der Waals surface area contributed by atoms with Crippen molar-refractivity contribution >= 4 is 37.3 Å². The van der Waals surface area contributed by atoms with E-state index in [4.69, 9.17) is 9.47 Å². The van der Waals surface area contributed by atoms with Crippen LogP contribution in [-0.4, -0.2) is 59.6 Å². The monoisotopic (exact) mass is 763 g/mol. The summed E-state index contributed by atoms with van der Waals surface area (Å²) in [7, 11) is -3.45. The van der Waals surface area contributed by atoms with E-state index in [-0.39, 0.29) is 18.4 Å². The van der Waals surface area contributed by atoms with Gasteiger partial charge in [-0.15, -0.1) is 5.10 Å². The highest BCUT2D eigenvalue weighted by atomic mass is 28.4. The molecule has 288 valence electrons. The lowest BCUT2D eigenvalue weighted by molar-refractivity contribution is -0.145. The number of aliphatic hydroxyl groups excluding tert-OH is 1. The predicted molar refractivity (Wildman–Crippen MR) is 214 cm³/mol. The summed E-state index contributed by atoms with van der Waals surface area (Å²) in [6.45, 7) is 12.3. The maximum Gasteiger partial charge on any atom is 0.266 e. The van der Waals surface area contributed by atoms with Gasteiger partial charge in [-0.2, -0.15) is 0 Å². The molecule has 2 amide bonds. The molecule has 12 heteroatoms. The number of benzene rings is 3. The first-order valence-electron chi connectivity index (χ1n) is 19.2. The number of carbonyl (C=O) groups is 2. The van der Waals surface area contributed by atoms with Crippen molar-refractivity contribution in [3.8, 4) is 11.5 Å². The second kappa shape index (κ2) is 15.3. The van der Waals surface area contributed by atoms with E-state index < -0.39 is 31.6 Å². The van der Waals surface area contributed by atoms with Crippen molar-refractivity contribution in [2.45, 2.75) is 90.3 Å². The highest BCUT2D eigenvalue weighted by molar-refractivity contribution is 6.72. The van der Waals surface area contributed by atoms with Crippen LogP contribution in [0.5, 0.6) is 11.5 Å². The van der Waals surface area contributed by atoms with Crippen molar-refractivity contribution < 1.29 is 28.3 Å². The zero-order valence-electron chi connectivity index (χ0n) is 32.5. The Morgan fingerprint density at radius 2 is 1.75 bits per heavy atom. The number of fused-ring (bicyclic) bond motifs is 4. The van der Waals surface area contributed by atoms with Crippen LogP contribution in [0, 0.1) is 5.92 Å². The Bertz CT molecular complexity index is 2160. The average molecular weight is 764 g/mol. The number of anilines is 3. The van der Waals surface area contributed by atoms with Crippen LogP contribution in [0.2, 0.25) is 18.6 Å². The van der Waals surface area contributed by atoms with Gasteiger partial charge in [0.1, 0.15) is 5.75 Å². The minimum absolute atomic E-state index is 0.0352. The number of carbonyl (C=O) groups excluding carboxylic acids is 2. The van der Waals surface area contributed by atoms with Crippen LogP contribution < -0.4 is 14.5 Å². The molecule has 4 heterocycles. The number of halogens is 1. The molecule has 1 fully saturated rings. The molecule has 4 aromatic rings. The van der Waals surface area contributed by atoms with Gasteiger partial charge < -0.3 is 23.6 Å². The summed E-state index contributed by atoms with van der Waals surface area (Å²) < 4.78 is 31.7. The molecule has 1 saturated heterocycles. The van der Waals surface area contributed by atoms with E-state index in [0.29, 0.717) is 71.3 Å². The first-order valence-corrected chi connectivity index (χ1v) is 22.1. The van der Waals surface area contributed by atoms with Gasteiger partial charge in [0.15, 0.2) is 11.4 Å². The average Bonchev–Trinajstić information content (AvgIpc) is 3.76. The minimum Gasteiger partial charge on any atom is -0.454 e. The summed E-state index contributed by atoms with van der Waals surface area (Å²) in [5, 5.41) is 17.7. The zero-order chi connectivity index (χ0) is 39.1. The summed E-state index contributed by atoms with van der Waals surface area (Å²) in [5.74, 6) is -0.0395. The maximum absolute atomic E-state index is 16.7. The van der Waals surface area contributed by atoms with Gasteiger partial charge in [-0.1, -0.05) is 59.7 Å². The number of hydrogen-bond acceptors (Lipinski definition) is 7. The molecule has 7 rings (SSSR count). The lowest BCUT2D eigenvalue weighted by atomic mass is 9.82. The van der Waals surface area contributed by atoms with E-state index in [9.17, 15) is 9.90 Å². The number of aliphatic hydroxyl groups is 1. The van der Waals surface area contributed by atoms with Gasteiger partial charge in [0, 0.05) is 55.0 Å². The van der Waals surface area contributed by atoms with Crippen LogP contribution in [0.3, 0.4) is 0 Å². The molecule has 4 atom stereocenters. The topological polar surface area (TPSA) is 110 Å². The number of para-hydroxylation sites is 3. The number of nitrogens with zero attached hydrogens (tertiary/aromatic N) is 5. The highest BCUT2D eigenvalue weighted by Gasteiger charge is 2.66. The van der Waals surface area contributed by atoms with E-state index in [0.717, 1.165) is 18.4 Å². The zero-order valence-corrected chi connectivity index (χ0v) is 33.5. The van der Waals surface area contributed by atoms with Crippen molar-refractivity contribution in [3.05, 3.63) is 113 Å². The van der Waals surface area contributed by atoms with Gasteiger partial charge in [-0.05, 0) is 95.6 Å². The molecule has 3 aromatic carbocycles. The smallest absolute Gasteiger partial charge is 0.266 e. The summed E-state index contributed by atoms with van der Waals surface area (Å²) in [5.41, 5.74) is 3.91. The number of aromatic nitrogens is 3. The molecule has 1 spiro atoms. The predicted octanol–water partition coefficient (Wildman–Crippen LogP) is 8.80. The maximum atomic E-state index is 16.7. The van der Waals surface area contributed by atoms with Gasteiger partial charge in [0.05, 0.1) is 28.7 Å². The molecular weight excluding hydrogens is 714 g/mol. The van der Waals surface area contributed by atoms with Crippen molar-refractivity contribution in [1.29, 1.82) is 0 Å². The van der Waals surface area contributed by atoms with Crippen molar-refractivity contribution in [1.82, 2.24) is 15.0 Å². The van der Waals surface area contributed by atoms with E-state index in [1.165, 1.54) is 5.57 Å². The Kier molecular flexibility index (Phi) is 10.7. The van der Waals surface area contributed by atoms with Gasteiger partial charge >= 0.3 is 0 Å². The molecule has 10 nitrogen and oxygen atoms in total. The van der Waals surface area contributed by atoms with Crippen LogP contribution >= 0.6 is 0 Å². The molecule has 0 unspecified atom stereocenters. The van der Waals surface area contributed by atoms with Crippen molar-refractivity contribution in [3.63, 3.8) is 0 Å². The van der Waals surface area contributed by atoms with Gasteiger partial charge in [0.25, 0.3) is 11.8 Å². The van der Waals surface area contributed by atoms with Crippen LogP contribution in [0.4, 0.5) is 21.2 Å². The number of amides is 2. The third kappa shape index (κ3) is 7.18. The number of allylic oxidation sites excluding steroid dienone is 3. The van der Waals surface area contributed by atoms with Gasteiger partial charge in [0.2, 0.25) is 8.41 Å². The minimum atomic E-state index is -3.45. The summed E-state index contributed by atoms with van der Waals surface area (Å²) in [6, 6.07) is 20.2. The molecule has 3 aliphatic heterocycles. The van der Waals surface area contributed by atoms with E-state index in [1.807, 2.05) is 55.5 Å². The molecular formula is C43H50FN5O5Si. The Balaban J connectivity index is 1.33. The van der Waals surface area contributed by atoms with E-state index in [2.05, 4.69) is 43.2 Å². The molecule has 3 aliphatic rings. The number of rotatable bonds is 12. The fraction of sp³-hybridized carbons (Fsp3) is 0.395. The van der Waals surface area contributed by atoms with Crippen LogP contribution in [-0.2, 0) is 28.1 Å². The second-order valence-corrected chi connectivity index (χ2v) is 19.5. The fourth-order valence-corrected chi connectivity index (χ4v) is 11.1. The first-order chi connectivity index (χ1) is 26.3. The van der Waals surface area contributed by atoms with E-state index in [1.54, 1.807) is 52.0 Å². The Morgan fingerprint density at radius 1 is 1.00 bits per heavy atom. The normalized spacial score (nSPS) is 22.0. The molecule has 0 saturated carbocycles. The Hall–Kier alpha value is -4.91. The third-order valence-corrected chi connectivity index (χ3v) is 13.6. The quantitative estimate of drug-likeness (QED) is 0.0873. The number of aryl methyl sites for hydroxylation is 1. The standard InChI is InChI=1S/C43H50FN5O5Si/c1-28(2)12-11-13-29(3)20-24-48-35-19-18-32(49-36-15-8-10-17-38(36)53-37-16-9-7-14-33(37)41(49)51)26-34(35)43(42(48)52)30(4)40(55(5,6)44)39(54-43)21-23-47-27-31(22-25-50)45-46-47/h7-10,12,14-20,26-27,30,39-40,50H,11,13,21-25H2,1-6H3/b29-20+/t30-,39+,40-,43+/m1/s1. The highest BCUT2D eigenvalue weighted by Crippen LogP contribution is 2.61. The SMILES string of the molecule is CC(C)=CCC/C(C)=C/CN1C(=O)[C@@]2(O[C@@H](CCn3cc(CCO)nn3)[C@H]([Si](C)(C)F)[C@H]2C)c2cc(N3C(=O)c4ccccc4Oc4ccccc43)ccc21. The van der Waals surface area contributed by atoms with Gasteiger partial charge in [-0.25, -0.2) is 0 Å². The summed E-state index contributed by atoms with van der Waals surface area (Å²) in [6.07, 6.45) is 8.07. The first kappa shape index (κ1) is 38.4. The molecule has 1 N–H and O–H groups in total. The molecule has 0 aliphatic carbocycles. The van der Waals surface area contributed by atoms with Crippen LogP contribution in [0.15, 0.2) is 96.2 Å². The third-order valence-electron chi connectivity index (χ3n) is 11.2.